The summed E-state index contributed by atoms with van der Waals surface area (Å²) < 4.78 is 5.51. The molecule has 198 valence electrons. The molecule has 5 amide bonds. The third-order valence-electron chi connectivity index (χ3n) is 7.32. The van der Waals surface area contributed by atoms with E-state index in [4.69, 9.17) is 4.74 Å². The minimum absolute atomic E-state index is 0.0175. The molecule has 0 aliphatic carbocycles. The molecule has 0 bridgehead atoms. The highest BCUT2D eigenvalue weighted by molar-refractivity contribution is 6.23. The number of carbonyl (C=O) groups is 6. The van der Waals surface area contributed by atoms with Gasteiger partial charge in [-0.25, -0.2) is 4.79 Å². The molecular weight excluding hydrogens is 484 g/mol. The molecule has 3 N–H and O–H groups in total. The van der Waals surface area contributed by atoms with E-state index in [9.17, 15) is 33.9 Å². The van der Waals surface area contributed by atoms with Crippen LogP contribution in [0.25, 0.3) is 0 Å². The van der Waals surface area contributed by atoms with Crippen LogP contribution < -0.4 is 10.6 Å². The summed E-state index contributed by atoms with van der Waals surface area (Å²) in [6.45, 7) is 4.09. The average molecular weight is 515 g/mol. The maximum absolute atomic E-state index is 13.4. The summed E-state index contributed by atoms with van der Waals surface area (Å²) in [4.78, 5) is 78.6. The molecular formula is C25H30N4O8. The number of benzene rings is 1. The highest BCUT2D eigenvalue weighted by atomic mass is 16.5. The van der Waals surface area contributed by atoms with Crippen LogP contribution in [-0.2, 0) is 23.9 Å². The van der Waals surface area contributed by atoms with Crippen LogP contribution in [0.4, 0.5) is 0 Å². The van der Waals surface area contributed by atoms with Crippen molar-refractivity contribution >= 4 is 35.5 Å². The predicted molar refractivity (Wildman–Crippen MR) is 127 cm³/mol. The molecule has 12 nitrogen and oxygen atoms in total. The largest absolute Gasteiger partial charge is 0.480 e. The van der Waals surface area contributed by atoms with Crippen LogP contribution in [0.5, 0.6) is 0 Å². The molecule has 0 saturated carbocycles. The van der Waals surface area contributed by atoms with Gasteiger partial charge in [0.25, 0.3) is 17.7 Å². The van der Waals surface area contributed by atoms with E-state index < -0.39 is 59.1 Å². The van der Waals surface area contributed by atoms with Crippen molar-refractivity contribution in [1.82, 2.24) is 20.4 Å². The zero-order valence-electron chi connectivity index (χ0n) is 20.7. The van der Waals surface area contributed by atoms with Gasteiger partial charge in [0.1, 0.15) is 11.6 Å². The van der Waals surface area contributed by atoms with Gasteiger partial charge in [0, 0.05) is 32.0 Å². The molecule has 12 heteroatoms. The van der Waals surface area contributed by atoms with E-state index >= 15 is 0 Å². The maximum atomic E-state index is 13.4. The van der Waals surface area contributed by atoms with Crippen molar-refractivity contribution in [1.29, 1.82) is 0 Å². The number of nitrogens with one attached hydrogen (secondary N) is 2. The first-order chi connectivity index (χ1) is 17.5. The van der Waals surface area contributed by atoms with Crippen molar-refractivity contribution in [3.05, 3.63) is 35.4 Å². The molecule has 3 aliphatic rings. The van der Waals surface area contributed by atoms with Crippen molar-refractivity contribution in [2.75, 3.05) is 26.2 Å². The van der Waals surface area contributed by atoms with Crippen LogP contribution in [0.15, 0.2) is 24.3 Å². The third-order valence-corrected chi connectivity index (χ3v) is 7.32. The lowest BCUT2D eigenvalue weighted by atomic mass is 9.85. The molecule has 2 saturated heterocycles. The Morgan fingerprint density at radius 3 is 2.41 bits per heavy atom. The number of likely N-dealkylation sites (tertiary alicyclic amines) is 1. The smallest absolute Gasteiger partial charge is 0.329 e. The van der Waals surface area contributed by atoms with E-state index in [1.165, 1.54) is 26.0 Å². The standard InChI is InChI=1S/C25H30N4O8/c1-14(25(2,24(35)36)27-19(30)11-15-12-26-9-10-37-15)13-28-20(31)8-7-18(23(28)34)29-21(32)16-5-3-4-6-17(16)22(29)33/h3-6,14-15,18,26H,7-13H2,1-2H3,(H,27,30)(H,35,36). The van der Waals surface area contributed by atoms with Crippen LogP contribution in [0, 0.1) is 5.92 Å². The number of aliphatic carboxylic acids is 1. The highest BCUT2D eigenvalue weighted by Gasteiger charge is 2.49. The topological polar surface area (TPSA) is 162 Å². The second-order valence-electron chi connectivity index (χ2n) is 9.78. The Bertz CT molecular complexity index is 1110. The molecule has 4 unspecified atom stereocenters. The second kappa shape index (κ2) is 10.4. The van der Waals surface area contributed by atoms with Gasteiger partial charge in [-0.15, -0.1) is 0 Å². The van der Waals surface area contributed by atoms with Gasteiger partial charge >= 0.3 is 5.97 Å². The van der Waals surface area contributed by atoms with Crippen molar-refractivity contribution in [2.45, 2.75) is 50.8 Å². The summed E-state index contributed by atoms with van der Waals surface area (Å²) in [5.41, 5.74) is -1.42. The van der Waals surface area contributed by atoms with Crippen molar-refractivity contribution in [2.24, 2.45) is 5.92 Å². The van der Waals surface area contributed by atoms with E-state index in [1.807, 2.05) is 0 Å². The summed E-state index contributed by atoms with van der Waals surface area (Å²) in [6, 6.07) is 5.06. The summed E-state index contributed by atoms with van der Waals surface area (Å²) in [5, 5.41) is 15.6. The van der Waals surface area contributed by atoms with Gasteiger partial charge in [-0.1, -0.05) is 19.1 Å². The Kier molecular flexibility index (Phi) is 7.42. The van der Waals surface area contributed by atoms with E-state index in [0.717, 1.165) is 9.80 Å². The lowest BCUT2D eigenvalue weighted by molar-refractivity contribution is -0.156. The summed E-state index contributed by atoms with van der Waals surface area (Å²) >= 11 is 0. The van der Waals surface area contributed by atoms with Crippen LogP contribution in [-0.4, -0.2) is 94.3 Å². The lowest BCUT2D eigenvalue weighted by Crippen LogP contribution is -2.62. The number of hydrogen-bond acceptors (Lipinski definition) is 8. The van der Waals surface area contributed by atoms with E-state index in [0.29, 0.717) is 19.7 Å². The minimum Gasteiger partial charge on any atom is -0.480 e. The third kappa shape index (κ3) is 4.98. The molecule has 4 rings (SSSR count). The Hall–Kier alpha value is -3.64. The van der Waals surface area contributed by atoms with Gasteiger partial charge in [0.2, 0.25) is 11.8 Å². The number of morpholine rings is 1. The van der Waals surface area contributed by atoms with Gasteiger partial charge in [-0.05, 0) is 25.5 Å². The Morgan fingerprint density at radius 1 is 1.19 bits per heavy atom. The van der Waals surface area contributed by atoms with E-state index in [-0.39, 0.29) is 36.9 Å². The summed E-state index contributed by atoms with van der Waals surface area (Å²) in [5.74, 6) is -5.26. The maximum Gasteiger partial charge on any atom is 0.329 e. The molecule has 1 aromatic rings. The lowest BCUT2D eigenvalue weighted by Gasteiger charge is -2.39. The average Bonchev–Trinajstić information content (AvgIpc) is 3.12. The number of nitrogens with zero attached hydrogens (tertiary/aromatic N) is 2. The van der Waals surface area contributed by atoms with Gasteiger partial charge in [-0.2, -0.15) is 0 Å². The monoisotopic (exact) mass is 514 g/mol. The number of fused-ring (bicyclic) bond motifs is 1. The predicted octanol–water partition coefficient (Wildman–Crippen LogP) is -0.226. The fourth-order valence-corrected chi connectivity index (χ4v) is 4.89. The van der Waals surface area contributed by atoms with Gasteiger partial charge in [0.05, 0.1) is 30.3 Å². The number of carboxylic acid groups (broad SMARTS) is 1. The minimum atomic E-state index is -1.80. The van der Waals surface area contributed by atoms with Crippen molar-refractivity contribution < 1.29 is 38.6 Å². The number of carbonyl (C=O) groups excluding carboxylic acids is 5. The second-order valence-corrected chi connectivity index (χ2v) is 9.78. The molecule has 4 atom stereocenters. The quantitative estimate of drug-likeness (QED) is 0.398. The molecule has 1 aromatic carbocycles. The van der Waals surface area contributed by atoms with Gasteiger partial charge in [0.15, 0.2) is 0 Å². The number of piperidine rings is 1. The molecule has 2 fully saturated rings. The first kappa shape index (κ1) is 26.4. The molecule has 0 aromatic heterocycles. The number of imide groups is 2. The van der Waals surface area contributed by atoms with Crippen LogP contribution >= 0.6 is 0 Å². The number of hydrogen-bond donors (Lipinski definition) is 3. The van der Waals surface area contributed by atoms with Crippen molar-refractivity contribution in [3.8, 4) is 0 Å². The molecule has 0 spiro atoms. The number of ether oxygens (including phenoxy) is 1. The fourth-order valence-electron chi connectivity index (χ4n) is 4.89. The molecule has 3 heterocycles. The number of amides is 5. The zero-order valence-corrected chi connectivity index (χ0v) is 20.7. The van der Waals surface area contributed by atoms with E-state index in [1.54, 1.807) is 12.1 Å². The van der Waals surface area contributed by atoms with Crippen molar-refractivity contribution in [3.63, 3.8) is 0 Å². The molecule has 37 heavy (non-hydrogen) atoms. The number of rotatable bonds is 8. The first-order valence-electron chi connectivity index (χ1n) is 12.2. The van der Waals surface area contributed by atoms with Crippen LogP contribution in [0.3, 0.4) is 0 Å². The fraction of sp³-hybridized carbons (Fsp3) is 0.520. The Morgan fingerprint density at radius 2 is 1.84 bits per heavy atom. The van der Waals surface area contributed by atoms with Crippen LogP contribution in [0.1, 0.15) is 53.8 Å². The summed E-state index contributed by atoms with van der Waals surface area (Å²) in [6.07, 6.45) is -0.561. The van der Waals surface area contributed by atoms with Crippen LogP contribution in [0.2, 0.25) is 0 Å². The van der Waals surface area contributed by atoms with Gasteiger partial charge in [-0.3, -0.25) is 33.8 Å². The molecule has 3 aliphatic heterocycles. The highest BCUT2D eigenvalue weighted by Crippen LogP contribution is 2.30. The zero-order chi connectivity index (χ0) is 26.9. The SMILES string of the molecule is CC(CN1C(=O)CCC(N2C(=O)c3ccccc3C2=O)C1=O)C(C)(NC(=O)CC1CNCCO1)C(=O)O. The first-order valence-corrected chi connectivity index (χ1v) is 12.2. The normalized spacial score (nSPS) is 24.5. The summed E-state index contributed by atoms with van der Waals surface area (Å²) in [7, 11) is 0. The molecule has 0 radical (unpaired) electrons. The van der Waals surface area contributed by atoms with Gasteiger partial charge < -0.3 is 20.5 Å². The Balaban J connectivity index is 1.48. The number of carboxylic acids is 1. The van der Waals surface area contributed by atoms with E-state index in [2.05, 4.69) is 10.6 Å². The Labute approximate surface area is 213 Å².